The molecule has 0 bridgehead atoms. The Kier molecular flexibility index (Phi) is 6.22. The number of aromatic nitrogens is 1. The number of aryl methyl sites for hydroxylation is 1. The molecule has 2 aromatic rings. The Hall–Kier alpha value is -2.16. The van der Waals surface area contributed by atoms with Crippen molar-refractivity contribution in [2.75, 3.05) is 19.6 Å². The Balaban J connectivity index is 1.56. The molecule has 1 fully saturated rings. The van der Waals surface area contributed by atoms with Gasteiger partial charge in [0, 0.05) is 37.9 Å². The van der Waals surface area contributed by atoms with E-state index in [1.54, 1.807) is 36.3 Å². The lowest BCUT2D eigenvalue weighted by molar-refractivity contribution is 0.0689. The number of sulfonamides is 1. The minimum atomic E-state index is -3.62. The van der Waals surface area contributed by atoms with Crippen molar-refractivity contribution in [1.29, 1.82) is 0 Å². The molecule has 1 aliphatic rings. The number of likely N-dealkylation sites (tertiary alicyclic amines) is 1. The number of hydrogen-bond donors (Lipinski definition) is 1. The van der Waals surface area contributed by atoms with E-state index in [0.717, 1.165) is 0 Å². The normalized spacial score (nSPS) is 15.6. The summed E-state index contributed by atoms with van der Waals surface area (Å²) in [6.45, 7) is 1.27. The molecule has 0 saturated carbocycles. The fourth-order valence-corrected chi connectivity index (χ4v) is 4.63. The minimum Gasteiger partial charge on any atom is -0.338 e. The number of carbonyl (C=O) groups excluding carboxylic acids is 1. The Labute approximate surface area is 169 Å². The first-order chi connectivity index (χ1) is 13.3. The Morgan fingerprint density at radius 2 is 1.93 bits per heavy atom. The third-order valence-electron chi connectivity index (χ3n) is 4.92. The molecule has 28 heavy (non-hydrogen) atoms. The molecule has 2 heterocycles. The zero-order chi connectivity index (χ0) is 20.3. The van der Waals surface area contributed by atoms with Gasteiger partial charge in [0.15, 0.2) is 0 Å². The molecular weight excluding hydrogens is 402 g/mol. The lowest BCUT2D eigenvalue weighted by atomic mass is 9.97. The van der Waals surface area contributed by atoms with Gasteiger partial charge in [-0.2, -0.15) is 0 Å². The maximum atomic E-state index is 12.6. The number of amides is 1. The molecule has 0 radical (unpaired) electrons. The second-order valence-electron chi connectivity index (χ2n) is 6.88. The minimum absolute atomic E-state index is 0.122. The monoisotopic (exact) mass is 423 g/mol. The van der Waals surface area contributed by atoms with E-state index in [-0.39, 0.29) is 27.8 Å². The topological polar surface area (TPSA) is 88.5 Å². The van der Waals surface area contributed by atoms with E-state index in [2.05, 4.69) is 4.72 Å². The second-order valence-corrected chi connectivity index (χ2v) is 9.09. The van der Waals surface area contributed by atoms with Crippen LogP contribution in [0.4, 0.5) is 0 Å². The summed E-state index contributed by atoms with van der Waals surface area (Å²) in [7, 11) is -2.02. The summed E-state index contributed by atoms with van der Waals surface area (Å²) < 4.78 is 28.8. The summed E-state index contributed by atoms with van der Waals surface area (Å²) in [5.41, 5.74) is -0.158. The predicted molar refractivity (Wildman–Crippen MR) is 107 cm³/mol. The van der Waals surface area contributed by atoms with Crippen LogP contribution in [0, 0.1) is 5.92 Å². The van der Waals surface area contributed by atoms with Gasteiger partial charge in [0.1, 0.15) is 5.56 Å². The highest BCUT2D eigenvalue weighted by Crippen LogP contribution is 2.20. The van der Waals surface area contributed by atoms with Crippen molar-refractivity contribution >= 4 is 27.5 Å². The lowest BCUT2D eigenvalue weighted by Crippen LogP contribution is -2.43. The number of benzene rings is 1. The van der Waals surface area contributed by atoms with Crippen molar-refractivity contribution in [1.82, 2.24) is 14.2 Å². The summed E-state index contributed by atoms with van der Waals surface area (Å²) >= 11 is 5.86. The number of hydrogen-bond acceptors (Lipinski definition) is 4. The van der Waals surface area contributed by atoms with E-state index in [1.165, 1.54) is 22.8 Å². The molecule has 1 aromatic heterocycles. The number of halogens is 1. The highest BCUT2D eigenvalue weighted by molar-refractivity contribution is 7.89. The van der Waals surface area contributed by atoms with Crippen LogP contribution in [0.1, 0.15) is 23.2 Å². The van der Waals surface area contributed by atoms with E-state index in [4.69, 9.17) is 11.6 Å². The van der Waals surface area contributed by atoms with Gasteiger partial charge < -0.3 is 9.47 Å². The number of nitrogens with zero attached hydrogens (tertiary/aromatic N) is 2. The molecule has 1 N–H and O–H groups in total. The summed E-state index contributed by atoms with van der Waals surface area (Å²) in [5, 5.41) is 0.363. The Bertz CT molecular complexity index is 1030. The van der Waals surface area contributed by atoms with Crippen molar-refractivity contribution in [3.8, 4) is 0 Å². The van der Waals surface area contributed by atoms with Crippen LogP contribution < -0.4 is 10.3 Å². The van der Waals surface area contributed by atoms with Gasteiger partial charge in [-0.1, -0.05) is 17.7 Å². The number of carbonyl (C=O) groups is 1. The van der Waals surface area contributed by atoms with Crippen LogP contribution in [0.5, 0.6) is 0 Å². The molecule has 0 atom stereocenters. The zero-order valence-corrected chi connectivity index (χ0v) is 17.0. The van der Waals surface area contributed by atoms with Gasteiger partial charge in [-0.15, -0.1) is 0 Å². The third-order valence-corrected chi connectivity index (χ3v) is 6.58. The van der Waals surface area contributed by atoms with Crippen LogP contribution in [0.15, 0.2) is 52.3 Å². The second kappa shape index (κ2) is 8.46. The molecule has 1 saturated heterocycles. The largest absolute Gasteiger partial charge is 0.338 e. The third kappa shape index (κ3) is 4.63. The quantitative estimate of drug-likeness (QED) is 0.795. The molecule has 150 valence electrons. The van der Waals surface area contributed by atoms with Crippen molar-refractivity contribution < 1.29 is 13.2 Å². The van der Waals surface area contributed by atoms with E-state index in [9.17, 15) is 18.0 Å². The van der Waals surface area contributed by atoms with E-state index < -0.39 is 10.0 Å². The van der Waals surface area contributed by atoms with Gasteiger partial charge in [-0.05, 0) is 49.1 Å². The van der Waals surface area contributed by atoms with Gasteiger partial charge in [-0.25, -0.2) is 13.1 Å². The van der Waals surface area contributed by atoms with Crippen molar-refractivity contribution in [3.05, 3.63) is 63.5 Å². The Morgan fingerprint density at radius 1 is 1.21 bits per heavy atom. The number of pyridine rings is 1. The van der Waals surface area contributed by atoms with Crippen molar-refractivity contribution in [2.45, 2.75) is 17.7 Å². The zero-order valence-electron chi connectivity index (χ0n) is 15.5. The van der Waals surface area contributed by atoms with Gasteiger partial charge >= 0.3 is 0 Å². The molecule has 7 nitrogen and oxygen atoms in total. The maximum absolute atomic E-state index is 12.6. The fourth-order valence-electron chi connectivity index (χ4n) is 3.22. The van der Waals surface area contributed by atoms with E-state index in [0.29, 0.717) is 37.5 Å². The van der Waals surface area contributed by atoms with Crippen LogP contribution in [0.3, 0.4) is 0 Å². The summed E-state index contributed by atoms with van der Waals surface area (Å²) in [6, 6.07) is 9.32. The van der Waals surface area contributed by atoms with Crippen LogP contribution in [-0.4, -0.2) is 43.4 Å². The van der Waals surface area contributed by atoms with Gasteiger partial charge in [0.05, 0.1) is 4.90 Å². The molecule has 3 rings (SSSR count). The molecule has 9 heteroatoms. The van der Waals surface area contributed by atoms with Gasteiger partial charge in [-0.3, -0.25) is 9.59 Å². The summed E-state index contributed by atoms with van der Waals surface area (Å²) in [6.07, 6.45) is 2.94. The van der Waals surface area contributed by atoms with Gasteiger partial charge in [0.25, 0.3) is 11.5 Å². The van der Waals surface area contributed by atoms with E-state index >= 15 is 0 Å². The van der Waals surface area contributed by atoms with E-state index in [1.807, 2.05) is 0 Å². The van der Waals surface area contributed by atoms with Crippen molar-refractivity contribution in [3.63, 3.8) is 0 Å². The summed E-state index contributed by atoms with van der Waals surface area (Å²) in [5.74, 6) is -0.157. The molecule has 0 spiro atoms. The first-order valence-electron chi connectivity index (χ1n) is 8.98. The smallest absolute Gasteiger partial charge is 0.263 e. The molecule has 1 amide bonds. The SMILES string of the molecule is Cn1cccc(C(=O)N2CCC(CNS(=O)(=O)c3cccc(Cl)c3)CC2)c1=O. The molecular formula is C19H22ClN3O4S. The summed E-state index contributed by atoms with van der Waals surface area (Å²) in [4.78, 5) is 26.5. The van der Waals surface area contributed by atoms with Crippen molar-refractivity contribution in [2.24, 2.45) is 13.0 Å². The first-order valence-corrected chi connectivity index (χ1v) is 10.8. The number of piperidine rings is 1. The average Bonchev–Trinajstić information content (AvgIpc) is 2.68. The lowest BCUT2D eigenvalue weighted by Gasteiger charge is -2.32. The highest BCUT2D eigenvalue weighted by atomic mass is 35.5. The number of nitrogens with one attached hydrogen (secondary N) is 1. The molecule has 0 unspecified atom stereocenters. The predicted octanol–water partition coefficient (Wildman–Crippen LogP) is 1.87. The molecule has 1 aliphatic heterocycles. The highest BCUT2D eigenvalue weighted by Gasteiger charge is 2.26. The molecule has 1 aromatic carbocycles. The van der Waals surface area contributed by atoms with Gasteiger partial charge in [0.2, 0.25) is 10.0 Å². The Morgan fingerprint density at radius 3 is 2.61 bits per heavy atom. The number of rotatable bonds is 5. The first kappa shape index (κ1) is 20.6. The average molecular weight is 424 g/mol. The van der Waals surface area contributed by atoms with Crippen LogP contribution in [-0.2, 0) is 17.1 Å². The maximum Gasteiger partial charge on any atom is 0.263 e. The molecule has 0 aliphatic carbocycles. The van der Waals surface area contributed by atoms with Crippen LogP contribution in [0.25, 0.3) is 0 Å². The van der Waals surface area contributed by atoms with Crippen LogP contribution >= 0.6 is 11.6 Å². The van der Waals surface area contributed by atoms with Crippen LogP contribution in [0.2, 0.25) is 5.02 Å². The standard InChI is InChI=1S/C19H22ClN3O4S/c1-22-9-3-6-17(18(22)24)19(25)23-10-7-14(8-11-23)13-21-28(26,27)16-5-2-4-15(20)12-16/h2-6,9,12,14,21H,7-8,10-11,13H2,1H3. The fraction of sp³-hybridized carbons (Fsp3) is 0.368.